The summed E-state index contributed by atoms with van der Waals surface area (Å²) in [7, 11) is 3.90. The van der Waals surface area contributed by atoms with E-state index in [1.807, 2.05) is 38.1 Å². The van der Waals surface area contributed by atoms with E-state index in [0.717, 1.165) is 24.4 Å². The molecule has 17 heavy (non-hydrogen) atoms. The highest BCUT2D eigenvalue weighted by atomic mass is 16.5. The maximum absolute atomic E-state index is 10.6. The molecular formula is C13H20N2O2. The SMILES string of the molecule is CN(C)c1ccc(C(C)(O)C2CCOC2)cn1. The van der Waals surface area contributed by atoms with Gasteiger partial charge < -0.3 is 14.7 Å². The third kappa shape index (κ3) is 2.42. The van der Waals surface area contributed by atoms with Gasteiger partial charge in [0.25, 0.3) is 0 Å². The molecule has 1 aromatic heterocycles. The predicted molar refractivity (Wildman–Crippen MR) is 67.1 cm³/mol. The Morgan fingerprint density at radius 1 is 1.47 bits per heavy atom. The van der Waals surface area contributed by atoms with Crippen LogP contribution < -0.4 is 4.90 Å². The first-order chi connectivity index (χ1) is 8.01. The highest BCUT2D eigenvalue weighted by molar-refractivity contribution is 5.38. The molecule has 1 fully saturated rings. The highest BCUT2D eigenvalue weighted by Gasteiger charge is 2.36. The molecular weight excluding hydrogens is 216 g/mol. The average Bonchev–Trinajstić information content (AvgIpc) is 2.83. The summed E-state index contributed by atoms with van der Waals surface area (Å²) < 4.78 is 5.34. The summed E-state index contributed by atoms with van der Waals surface area (Å²) in [5.41, 5.74) is 0.00698. The minimum Gasteiger partial charge on any atom is -0.385 e. The molecule has 4 heteroatoms. The summed E-state index contributed by atoms with van der Waals surface area (Å²) >= 11 is 0. The number of hydrogen-bond donors (Lipinski definition) is 1. The van der Waals surface area contributed by atoms with Crippen molar-refractivity contribution in [2.75, 3.05) is 32.2 Å². The lowest BCUT2D eigenvalue weighted by Crippen LogP contribution is -2.32. The normalized spacial score (nSPS) is 23.4. The van der Waals surface area contributed by atoms with Crippen LogP contribution in [-0.2, 0) is 10.3 Å². The smallest absolute Gasteiger partial charge is 0.127 e. The lowest BCUT2D eigenvalue weighted by Gasteiger charge is -2.29. The van der Waals surface area contributed by atoms with E-state index in [2.05, 4.69) is 4.98 Å². The molecule has 0 spiro atoms. The van der Waals surface area contributed by atoms with Gasteiger partial charge in [-0.15, -0.1) is 0 Å². The van der Waals surface area contributed by atoms with Crippen LogP contribution in [-0.4, -0.2) is 37.4 Å². The molecule has 1 saturated heterocycles. The molecule has 2 atom stereocenters. The van der Waals surface area contributed by atoms with E-state index < -0.39 is 5.60 Å². The van der Waals surface area contributed by atoms with Gasteiger partial charge in [-0.2, -0.15) is 0 Å². The molecule has 1 aliphatic heterocycles. The number of ether oxygens (including phenoxy) is 1. The summed E-state index contributed by atoms with van der Waals surface area (Å²) in [6.45, 7) is 3.21. The van der Waals surface area contributed by atoms with Crippen LogP contribution in [0, 0.1) is 5.92 Å². The van der Waals surface area contributed by atoms with Crippen molar-refractivity contribution >= 4 is 5.82 Å². The first-order valence-corrected chi connectivity index (χ1v) is 5.96. The van der Waals surface area contributed by atoms with Gasteiger partial charge in [-0.25, -0.2) is 4.98 Å². The van der Waals surface area contributed by atoms with Crippen LogP contribution in [0.5, 0.6) is 0 Å². The Labute approximate surface area is 102 Å². The van der Waals surface area contributed by atoms with Gasteiger partial charge in [0.05, 0.1) is 12.2 Å². The highest BCUT2D eigenvalue weighted by Crippen LogP contribution is 2.34. The van der Waals surface area contributed by atoms with Gasteiger partial charge in [0, 0.05) is 38.4 Å². The van der Waals surface area contributed by atoms with E-state index in [1.54, 1.807) is 6.20 Å². The zero-order valence-corrected chi connectivity index (χ0v) is 10.7. The topological polar surface area (TPSA) is 45.6 Å². The van der Waals surface area contributed by atoms with E-state index in [4.69, 9.17) is 4.74 Å². The molecule has 0 amide bonds. The zero-order chi connectivity index (χ0) is 12.5. The van der Waals surface area contributed by atoms with Crippen molar-refractivity contribution in [3.8, 4) is 0 Å². The fourth-order valence-corrected chi connectivity index (χ4v) is 2.16. The molecule has 4 nitrogen and oxygen atoms in total. The van der Waals surface area contributed by atoms with Crippen LogP contribution in [0.15, 0.2) is 18.3 Å². The molecule has 2 rings (SSSR count). The maximum atomic E-state index is 10.6. The largest absolute Gasteiger partial charge is 0.385 e. The molecule has 1 N–H and O–H groups in total. The lowest BCUT2D eigenvalue weighted by atomic mass is 9.83. The number of rotatable bonds is 3. The van der Waals surface area contributed by atoms with Crippen LogP contribution in [0.25, 0.3) is 0 Å². The van der Waals surface area contributed by atoms with Gasteiger partial charge >= 0.3 is 0 Å². The van der Waals surface area contributed by atoms with Crippen LogP contribution in [0.1, 0.15) is 18.9 Å². The Kier molecular flexibility index (Phi) is 3.35. The average molecular weight is 236 g/mol. The van der Waals surface area contributed by atoms with Crippen molar-refractivity contribution in [2.24, 2.45) is 5.92 Å². The van der Waals surface area contributed by atoms with Gasteiger partial charge in [0.2, 0.25) is 0 Å². The Morgan fingerprint density at radius 2 is 2.24 bits per heavy atom. The fourth-order valence-electron chi connectivity index (χ4n) is 2.16. The van der Waals surface area contributed by atoms with Crippen molar-refractivity contribution in [2.45, 2.75) is 18.9 Å². The molecule has 0 radical (unpaired) electrons. The van der Waals surface area contributed by atoms with Crippen LogP contribution >= 0.6 is 0 Å². The third-order valence-electron chi connectivity index (χ3n) is 3.52. The Bertz CT molecular complexity index is 368. The first kappa shape index (κ1) is 12.3. The first-order valence-electron chi connectivity index (χ1n) is 5.96. The van der Waals surface area contributed by atoms with Crippen molar-refractivity contribution in [3.05, 3.63) is 23.9 Å². The molecule has 0 saturated carbocycles. The summed E-state index contributed by atoms with van der Waals surface area (Å²) in [4.78, 5) is 6.28. The summed E-state index contributed by atoms with van der Waals surface area (Å²) in [5, 5.41) is 10.6. The third-order valence-corrected chi connectivity index (χ3v) is 3.52. The summed E-state index contributed by atoms with van der Waals surface area (Å²) in [5.74, 6) is 1.06. The predicted octanol–water partition coefficient (Wildman–Crippen LogP) is 1.39. The van der Waals surface area contributed by atoms with Gasteiger partial charge in [0.1, 0.15) is 5.82 Å². The Morgan fingerprint density at radius 3 is 2.71 bits per heavy atom. The van der Waals surface area contributed by atoms with Crippen LogP contribution in [0.2, 0.25) is 0 Å². The van der Waals surface area contributed by atoms with Crippen molar-refractivity contribution in [3.63, 3.8) is 0 Å². The van der Waals surface area contributed by atoms with Gasteiger partial charge in [-0.1, -0.05) is 6.07 Å². The number of aliphatic hydroxyl groups is 1. The van der Waals surface area contributed by atoms with Gasteiger partial charge in [-0.3, -0.25) is 0 Å². The molecule has 0 aliphatic carbocycles. The number of anilines is 1. The molecule has 2 heterocycles. The monoisotopic (exact) mass is 236 g/mol. The standard InChI is InChI=1S/C13H20N2O2/c1-13(16,11-6-7-17-9-11)10-4-5-12(14-8-10)15(2)3/h4-5,8,11,16H,6-7,9H2,1-3H3. The maximum Gasteiger partial charge on any atom is 0.127 e. The second-order valence-electron chi connectivity index (χ2n) is 5.01. The van der Waals surface area contributed by atoms with Gasteiger partial charge in [-0.05, 0) is 19.4 Å². The second-order valence-corrected chi connectivity index (χ2v) is 5.01. The van der Waals surface area contributed by atoms with Crippen molar-refractivity contribution in [1.29, 1.82) is 0 Å². The Hall–Kier alpha value is -1.13. The Balaban J connectivity index is 2.20. The zero-order valence-electron chi connectivity index (χ0n) is 10.7. The molecule has 2 unspecified atom stereocenters. The number of pyridine rings is 1. The summed E-state index contributed by atoms with van der Waals surface area (Å²) in [6, 6.07) is 3.88. The lowest BCUT2D eigenvalue weighted by molar-refractivity contribution is -0.00997. The van der Waals surface area contributed by atoms with Crippen LogP contribution in [0.3, 0.4) is 0 Å². The van der Waals surface area contributed by atoms with Crippen LogP contribution in [0.4, 0.5) is 5.82 Å². The van der Waals surface area contributed by atoms with Crippen molar-refractivity contribution < 1.29 is 9.84 Å². The molecule has 94 valence electrons. The van der Waals surface area contributed by atoms with E-state index >= 15 is 0 Å². The number of aromatic nitrogens is 1. The quantitative estimate of drug-likeness (QED) is 0.861. The molecule has 0 aromatic carbocycles. The molecule has 0 bridgehead atoms. The fraction of sp³-hybridized carbons (Fsp3) is 0.615. The van der Waals surface area contributed by atoms with E-state index in [1.165, 1.54) is 0 Å². The molecule has 1 aromatic rings. The molecule has 1 aliphatic rings. The second kappa shape index (κ2) is 4.63. The van der Waals surface area contributed by atoms with E-state index in [-0.39, 0.29) is 5.92 Å². The van der Waals surface area contributed by atoms with E-state index in [0.29, 0.717) is 6.61 Å². The summed E-state index contributed by atoms with van der Waals surface area (Å²) in [6.07, 6.45) is 2.66. The number of nitrogens with zero attached hydrogens (tertiary/aromatic N) is 2. The van der Waals surface area contributed by atoms with Crippen molar-refractivity contribution in [1.82, 2.24) is 4.98 Å². The minimum atomic E-state index is -0.853. The number of hydrogen-bond acceptors (Lipinski definition) is 4. The van der Waals surface area contributed by atoms with Gasteiger partial charge in [0.15, 0.2) is 0 Å². The van der Waals surface area contributed by atoms with E-state index in [9.17, 15) is 5.11 Å². The minimum absolute atomic E-state index is 0.162.